The highest BCUT2D eigenvalue weighted by atomic mass is 19.4. The van der Waals surface area contributed by atoms with Crippen LogP contribution in [0.15, 0.2) is 39.5 Å². The van der Waals surface area contributed by atoms with Crippen LogP contribution in [0.3, 0.4) is 0 Å². The Bertz CT molecular complexity index is 653. The van der Waals surface area contributed by atoms with Gasteiger partial charge in [0, 0.05) is 6.54 Å². The van der Waals surface area contributed by atoms with Crippen molar-refractivity contribution >= 4 is 22.9 Å². The number of nitrogens with one attached hydrogen (secondary N) is 1. The van der Waals surface area contributed by atoms with Crippen LogP contribution in [0.1, 0.15) is 11.8 Å². The first-order valence-corrected chi connectivity index (χ1v) is 6.53. The Hall–Kier alpha value is -2.30. The molecule has 124 valence electrons. The Morgan fingerprint density at radius 1 is 1.22 bits per heavy atom. The lowest BCUT2D eigenvalue weighted by Crippen LogP contribution is -2.36. The van der Waals surface area contributed by atoms with E-state index in [1.165, 1.54) is 24.3 Å². The minimum atomic E-state index is -4.70. The van der Waals surface area contributed by atoms with Gasteiger partial charge in [-0.3, -0.25) is 5.32 Å². The van der Waals surface area contributed by atoms with Gasteiger partial charge in [-0.2, -0.15) is 13.2 Å². The van der Waals surface area contributed by atoms with E-state index in [0.717, 1.165) is 0 Å². The molecule has 1 unspecified atom stereocenters. The molecule has 1 heterocycles. The molecule has 1 atom stereocenters. The molecule has 0 aliphatic carbocycles. The van der Waals surface area contributed by atoms with Crippen LogP contribution in [-0.4, -0.2) is 46.8 Å². The third kappa shape index (κ3) is 4.12. The van der Waals surface area contributed by atoms with Crippen LogP contribution in [0.2, 0.25) is 0 Å². The van der Waals surface area contributed by atoms with Crippen LogP contribution in [0.25, 0.3) is 0 Å². The lowest BCUT2D eigenvalue weighted by atomic mass is 10.1. The molecule has 0 bridgehead atoms. The van der Waals surface area contributed by atoms with Gasteiger partial charge < -0.3 is 15.9 Å². The highest BCUT2D eigenvalue weighted by Gasteiger charge is 2.43. The van der Waals surface area contributed by atoms with Crippen LogP contribution >= 0.6 is 0 Å². The largest absolute Gasteiger partial charge is 0.437 e. The summed E-state index contributed by atoms with van der Waals surface area (Å²) in [5, 5.41) is 27.2. The third-order valence-corrected chi connectivity index (χ3v) is 2.89. The Morgan fingerprint density at radius 3 is 2.43 bits per heavy atom. The van der Waals surface area contributed by atoms with Crippen molar-refractivity contribution in [3.05, 3.63) is 29.8 Å². The van der Waals surface area contributed by atoms with Crippen molar-refractivity contribution in [1.82, 2.24) is 5.32 Å². The number of aliphatic hydroxyl groups is 2. The summed E-state index contributed by atoms with van der Waals surface area (Å²) in [5.41, 5.74) is 4.27. The number of aliphatic hydroxyl groups excluding tert-OH is 2. The molecule has 0 saturated carbocycles. The van der Waals surface area contributed by atoms with Gasteiger partial charge in [-0.15, -0.1) is 10.2 Å². The van der Waals surface area contributed by atoms with E-state index in [2.05, 4.69) is 20.5 Å². The van der Waals surface area contributed by atoms with E-state index in [-0.39, 0.29) is 18.8 Å². The normalized spacial score (nSPS) is 18.0. The van der Waals surface area contributed by atoms with Gasteiger partial charge in [-0.25, -0.2) is 4.99 Å². The van der Waals surface area contributed by atoms with Gasteiger partial charge in [0.1, 0.15) is 11.9 Å². The molecule has 5 N–H and O–H groups in total. The van der Waals surface area contributed by atoms with E-state index in [1.54, 1.807) is 0 Å². The van der Waals surface area contributed by atoms with E-state index in [9.17, 15) is 18.3 Å². The highest BCUT2D eigenvalue weighted by Crippen LogP contribution is 2.24. The second kappa shape index (κ2) is 6.86. The fourth-order valence-corrected chi connectivity index (χ4v) is 1.80. The molecule has 23 heavy (non-hydrogen) atoms. The van der Waals surface area contributed by atoms with E-state index in [4.69, 9.17) is 10.8 Å². The highest BCUT2D eigenvalue weighted by molar-refractivity contribution is 6.70. The number of benzene rings is 1. The smallest absolute Gasteiger partial charge is 0.395 e. The minimum absolute atomic E-state index is 0.138. The van der Waals surface area contributed by atoms with Gasteiger partial charge in [-0.1, -0.05) is 12.1 Å². The maximum Gasteiger partial charge on any atom is 0.437 e. The molecule has 1 aromatic rings. The summed E-state index contributed by atoms with van der Waals surface area (Å²) in [4.78, 5) is 3.82. The summed E-state index contributed by atoms with van der Waals surface area (Å²) in [7, 11) is 0. The predicted octanol–water partition coefficient (Wildman–Crippen LogP) is 0.621. The topological polar surface area (TPSA) is 116 Å². The molecular weight excluding hydrogens is 315 g/mol. The molecule has 1 aliphatic rings. The number of nitrogens with zero attached hydrogens (tertiary/aromatic N) is 3. The molecular formula is C13H14F3N5O2. The minimum Gasteiger partial charge on any atom is -0.395 e. The predicted molar refractivity (Wildman–Crippen MR) is 78.7 cm³/mol. The zero-order valence-corrected chi connectivity index (χ0v) is 11.7. The molecule has 0 spiro atoms. The van der Waals surface area contributed by atoms with Crippen molar-refractivity contribution in [1.29, 1.82) is 0 Å². The Morgan fingerprint density at radius 2 is 1.87 bits per heavy atom. The Kier molecular flexibility index (Phi) is 5.08. The second-order valence-electron chi connectivity index (χ2n) is 4.56. The maximum atomic E-state index is 12.8. The number of rotatable bonds is 5. The fraction of sp³-hybridized carbons (Fsp3) is 0.308. The van der Waals surface area contributed by atoms with Crippen LogP contribution < -0.4 is 11.1 Å². The third-order valence-electron chi connectivity index (χ3n) is 2.89. The van der Waals surface area contributed by atoms with Crippen LogP contribution in [0.5, 0.6) is 0 Å². The zero-order valence-electron chi connectivity index (χ0n) is 11.7. The number of hydrogen-bond donors (Lipinski definition) is 4. The number of alkyl halides is 3. The Labute approximate surface area is 129 Å². The fourth-order valence-electron chi connectivity index (χ4n) is 1.80. The van der Waals surface area contributed by atoms with Crippen LogP contribution in [-0.2, 0) is 0 Å². The first kappa shape index (κ1) is 17.1. The molecule has 0 aromatic heterocycles. The molecule has 0 saturated heterocycles. The first-order chi connectivity index (χ1) is 10.8. The molecule has 0 amide bonds. The summed E-state index contributed by atoms with van der Waals surface area (Å²) in [6.45, 7) is 0.0601. The van der Waals surface area contributed by atoms with Gasteiger partial charge in [-0.05, 0) is 17.7 Å². The Balaban J connectivity index is 2.19. The maximum absolute atomic E-state index is 12.8. The molecule has 2 rings (SSSR count). The van der Waals surface area contributed by atoms with E-state index in [1.807, 2.05) is 0 Å². The van der Waals surface area contributed by atoms with Crippen molar-refractivity contribution in [3.63, 3.8) is 0 Å². The van der Waals surface area contributed by atoms with E-state index in [0.29, 0.717) is 5.56 Å². The van der Waals surface area contributed by atoms with Gasteiger partial charge >= 0.3 is 6.18 Å². The van der Waals surface area contributed by atoms with Gasteiger partial charge in [0.05, 0.1) is 12.3 Å². The molecule has 0 fully saturated rings. The van der Waals surface area contributed by atoms with Gasteiger partial charge in [0.15, 0.2) is 11.5 Å². The summed E-state index contributed by atoms with van der Waals surface area (Å²) < 4.78 is 38.3. The molecule has 1 aromatic carbocycles. The first-order valence-electron chi connectivity index (χ1n) is 6.53. The van der Waals surface area contributed by atoms with Crippen molar-refractivity contribution < 1.29 is 23.4 Å². The lowest BCUT2D eigenvalue weighted by molar-refractivity contribution is -0.0565. The number of hydrogen-bond acceptors (Lipinski definition) is 7. The molecule has 1 aliphatic heterocycles. The van der Waals surface area contributed by atoms with Crippen LogP contribution in [0, 0.1) is 0 Å². The van der Waals surface area contributed by atoms with Crippen molar-refractivity contribution in [2.24, 2.45) is 20.9 Å². The van der Waals surface area contributed by atoms with Crippen molar-refractivity contribution in [2.45, 2.75) is 12.4 Å². The van der Waals surface area contributed by atoms with Crippen molar-refractivity contribution in [2.75, 3.05) is 13.2 Å². The van der Waals surface area contributed by atoms with Gasteiger partial charge in [0.25, 0.3) is 0 Å². The molecule has 0 radical (unpaired) electrons. The summed E-state index contributed by atoms with van der Waals surface area (Å²) in [6.07, 6.45) is -5.71. The average molecular weight is 329 g/mol. The molecule has 7 nitrogen and oxygen atoms in total. The number of halogens is 3. The number of nitrogens with two attached hydrogens (primary N) is 1. The lowest BCUT2D eigenvalue weighted by Gasteiger charge is -2.12. The summed E-state index contributed by atoms with van der Waals surface area (Å²) >= 11 is 0. The average Bonchev–Trinajstić information content (AvgIpc) is 2.87. The number of aliphatic imine (C=N–C) groups is 1. The second-order valence-corrected chi connectivity index (χ2v) is 4.56. The zero-order chi connectivity index (χ0) is 17.0. The van der Waals surface area contributed by atoms with E-state index >= 15 is 0 Å². The summed E-state index contributed by atoms with van der Waals surface area (Å²) in [6, 6.07) is 5.82. The summed E-state index contributed by atoms with van der Waals surface area (Å²) in [5.74, 6) is -0.411. The van der Waals surface area contributed by atoms with E-state index < -0.39 is 29.7 Å². The monoisotopic (exact) mass is 329 g/mol. The van der Waals surface area contributed by atoms with Crippen LogP contribution in [0.4, 0.5) is 18.9 Å². The quantitative estimate of drug-likeness (QED) is 0.593. The SMILES string of the molecule is NC1=NN=C(C(F)(F)F)C1=Nc1ccc(C(O)NCCO)cc1. The standard InChI is InChI=1S/C13H14F3N5O2/c14-13(15,16)10-9(11(17)21-20-10)19-8-3-1-7(2-4-8)12(23)18-5-6-22/h1-4,12,18,22-23H,5-6H2,(H2,17,19,21). The number of amidine groups is 1. The van der Waals surface area contributed by atoms with Crippen molar-refractivity contribution in [3.8, 4) is 0 Å². The molecule has 10 heteroatoms. The van der Waals surface area contributed by atoms with Gasteiger partial charge in [0.2, 0.25) is 0 Å².